The maximum Gasteiger partial charge on any atom is 0.138 e. The number of hydrogen-bond donors (Lipinski definition) is 0. The van der Waals surface area contributed by atoms with Crippen molar-refractivity contribution in [2.45, 2.75) is 44.8 Å². The van der Waals surface area contributed by atoms with Crippen LogP contribution in [0, 0.1) is 0 Å². The van der Waals surface area contributed by atoms with Crippen LogP contribution in [0.1, 0.15) is 32.3 Å². The highest BCUT2D eigenvalue weighted by molar-refractivity contribution is 5.80. The largest absolute Gasteiger partial charge is 0.497 e. The first-order chi connectivity index (χ1) is 8.48. The third-order valence-electron chi connectivity index (χ3n) is 3.19. The van der Waals surface area contributed by atoms with E-state index in [9.17, 15) is 4.79 Å². The molecule has 1 atom stereocenters. The monoisotopic (exact) mass is 248 g/mol. The van der Waals surface area contributed by atoms with Crippen LogP contribution < -0.4 is 4.74 Å². The Morgan fingerprint density at radius 1 is 1.33 bits per heavy atom. The molecule has 1 aliphatic rings. The number of rotatable bonds is 3. The molecule has 0 spiro atoms. The van der Waals surface area contributed by atoms with Gasteiger partial charge in [-0.1, -0.05) is 12.1 Å². The summed E-state index contributed by atoms with van der Waals surface area (Å²) >= 11 is 0. The van der Waals surface area contributed by atoms with Crippen molar-refractivity contribution in [3.63, 3.8) is 0 Å². The van der Waals surface area contributed by atoms with Crippen LogP contribution in [0.15, 0.2) is 24.3 Å². The molecule has 0 saturated carbocycles. The van der Waals surface area contributed by atoms with E-state index in [0.717, 1.165) is 12.2 Å². The first kappa shape index (κ1) is 13.1. The van der Waals surface area contributed by atoms with Crippen LogP contribution in [-0.2, 0) is 16.0 Å². The van der Waals surface area contributed by atoms with Gasteiger partial charge in [0.2, 0.25) is 0 Å². The second-order valence-corrected chi connectivity index (χ2v) is 5.47. The van der Waals surface area contributed by atoms with E-state index in [4.69, 9.17) is 9.47 Å². The number of benzene rings is 1. The lowest BCUT2D eigenvalue weighted by Gasteiger charge is -2.35. The second kappa shape index (κ2) is 5.11. The Bertz CT molecular complexity index is 420. The van der Waals surface area contributed by atoms with E-state index >= 15 is 0 Å². The minimum Gasteiger partial charge on any atom is -0.497 e. The molecule has 3 nitrogen and oxygen atoms in total. The van der Waals surface area contributed by atoms with E-state index in [1.54, 1.807) is 7.11 Å². The molecule has 1 aliphatic heterocycles. The van der Waals surface area contributed by atoms with Gasteiger partial charge in [-0.05, 0) is 38.0 Å². The molecule has 0 radical (unpaired) electrons. The second-order valence-electron chi connectivity index (χ2n) is 5.47. The Balaban J connectivity index is 2.01. The number of ketones is 1. The van der Waals surface area contributed by atoms with Gasteiger partial charge in [-0.3, -0.25) is 4.79 Å². The fourth-order valence-electron chi connectivity index (χ4n) is 2.47. The van der Waals surface area contributed by atoms with Gasteiger partial charge < -0.3 is 9.47 Å². The maximum absolute atomic E-state index is 11.7. The molecule has 1 aromatic rings. The number of methoxy groups -OCH3 is 1. The van der Waals surface area contributed by atoms with E-state index in [2.05, 4.69) is 0 Å². The molecule has 1 heterocycles. The van der Waals surface area contributed by atoms with Gasteiger partial charge in [-0.25, -0.2) is 0 Å². The van der Waals surface area contributed by atoms with Crippen molar-refractivity contribution in [2.24, 2.45) is 0 Å². The number of Topliss-reactive ketones (excluding diaryl/α,β-unsaturated/α-hetero) is 1. The first-order valence-electron chi connectivity index (χ1n) is 6.31. The summed E-state index contributed by atoms with van der Waals surface area (Å²) in [5, 5.41) is 0. The lowest BCUT2D eigenvalue weighted by Crippen LogP contribution is -2.40. The predicted molar refractivity (Wildman–Crippen MR) is 69.9 cm³/mol. The predicted octanol–water partition coefficient (Wildman–Crippen LogP) is 2.76. The van der Waals surface area contributed by atoms with E-state index in [1.807, 2.05) is 38.1 Å². The van der Waals surface area contributed by atoms with E-state index in [1.165, 1.54) is 5.56 Å². The summed E-state index contributed by atoms with van der Waals surface area (Å²) < 4.78 is 11.1. The van der Waals surface area contributed by atoms with Crippen LogP contribution in [0.4, 0.5) is 0 Å². The summed E-state index contributed by atoms with van der Waals surface area (Å²) in [6, 6.07) is 7.92. The number of ether oxygens (including phenoxy) is 2. The summed E-state index contributed by atoms with van der Waals surface area (Å²) in [4.78, 5) is 11.7. The van der Waals surface area contributed by atoms with Crippen molar-refractivity contribution < 1.29 is 14.3 Å². The van der Waals surface area contributed by atoms with Crippen LogP contribution in [-0.4, -0.2) is 24.6 Å². The smallest absolute Gasteiger partial charge is 0.138 e. The molecule has 18 heavy (non-hydrogen) atoms. The Labute approximate surface area is 108 Å². The SMILES string of the molecule is COc1ccc(CC2CC(=O)CC(C)(C)O2)cc1. The Morgan fingerprint density at radius 2 is 2.00 bits per heavy atom. The molecule has 98 valence electrons. The van der Waals surface area contributed by atoms with Gasteiger partial charge in [0.1, 0.15) is 11.5 Å². The third-order valence-corrected chi connectivity index (χ3v) is 3.19. The molecular formula is C15H20O3. The van der Waals surface area contributed by atoms with Crippen molar-refractivity contribution in [2.75, 3.05) is 7.11 Å². The highest BCUT2D eigenvalue weighted by Crippen LogP contribution is 2.27. The van der Waals surface area contributed by atoms with Crippen LogP contribution in [0.25, 0.3) is 0 Å². The van der Waals surface area contributed by atoms with Gasteiger partial charge in [-0.2, -0.15) is 0 Å². The molecule has 0 aliphatic carbocycles. The molecule has 0 aromatic heterocycles. The van der Waals surface area contributed by atoms with Crippen molar-refractivity contribution in [1.82, 2.24) is 0 Å². The molecule has 2 rings (SSSR count). The van der Waals surface area contributed by atoms with Crippen molar-refractivity contribution >= 4 is 5.78 Å². The summed E-state index contributed by atoms with van der Waals surface area (Å²) in [6.07, 6.45) is 1.82. The van der Waals surface area contributed by atoms with E-state index in [-0.39, 0.29) is 11.7 Å². The summed E-state index contributed by atoms with van der Waals surface area (Å²) in [7, 11) is 1.65. The maximum atomic E-state index is 11.7. The number of carbonyl (C=O) groups is 1. The van der Waals surface area contributed by atoms with Gasteiger partial charge in [0, 0.05) is 12.8 Å². The Hall–Kier alpha value is -1.35. The van der Waals surface area contributed by atoms with Gasteiger partial charge in [0.15, 0.2) is 0 Å². The Morgan fingerprint density at radius 3 is 2.56 bits per heavy atom. The molecule has 3 heteroatoms. The van der Waals surface area contributed by atoms with Gasteiger partial charge in [0.05, 0.1) is 18.8 Å². The first-order valence-corrected chi connectivity index (χ1v) is 6.31. The van der Waals surface area contributed by atoms with Gasteiger partial charge >= 0.3 is 0 Å². The fraction of sp³-hybridized carbons (Fsp3) is 0.533. The zero-order chi connectivity index (χ0) is 13.2. The molecular weight excluding hydrogens is 228 g/mol. The number of hydrogen-bond acceptors (Lipinski definition) is 3. The van der Waals surface area contributed by atoms with E-state index in [0.29, 0.717) is 18.6 Å². The Kier molecular flexibility index (Phi) is 3.71. The third kappa shape index (κ3) is 3.33. The molecule has 1 saturated heterocycles. The normalized spacial score (nSPS) is 22.8. The van der Waals surface area contributed by atoms with Crippen LogP contribution in [0.3, 0.4) is 0 Å². The van der Waals surface area contributed by atoms with Gasteiger partial charge in [0.25, 0.3) is 0 Å². The van der Waals surface area contributed by atoms with Crippen molar-refractivity contribution in [1.29, 1.82) is 0 Å². The number of carbonyl (C=O) groups excluding carboxylic acids is 1. The zero-order valence-electron chi connectivity index (χ0n) is 11.2. The standard InChI is InChI=1S/C15H20O3/c1-15(2)10-12(16)9-14(18-15)8-11-4-6-13(17-3)7-5-11/h4-7,14H,8-10H2,1-3H3. The van der Waals surface area contributed by atoms with Crippen LogP contribution in [0.2, 0.25) is 0 Å². The topological polar surface area (TPSA) is 35.5 Å². The van der Waals surface area contributed by atoms with Crippen LogP contribution >= 0.6 is 0 Å². The molecule has 0 bridgehead atoms. The molecule has 0 N–H and O–H groups in total. The minimum absolute atomic E-state index is 0.00496. The lowest BCUT2D eigenvalue weighted by atomic mass is 9.91. The summed E-state index contributed by atoms with van der Waals surface area (Å²) in [5.41, 5.74) is 0.846. The summed E-state index contributed by atoms with van der Waals surface area (Å²) in [6.45, 7) is 3.95. The molecule has 1 aromatic carbocycles. The quantitative estimate of drug-likeness (QED) is 0.825. The van der Waals surface area contributed by atoms with Crippen molar-refractivity contribution in [3.8, 4) is 5.75 Å². The molecule has 0 amide bonds. The lowest BCUT2D eigenvalue weighted by molar-refractivity contribution is -0.147. The zero-order valence-corrected chi connectivity index (χ0v) is 11.2. The summed E-state index contributed by atoms with van der Waals surface area (Å²) in [5.74, 6) is 1.14. The average molecular weight is 248 g/mol. The van der Waals surface area contributed by atoms with E-state index < -0.39 is 0 Å². The molecule has 1 unspecified atom stereocenters. The van der Waals surface area contributed by atoms with Crippen LogP contribution in [0.5, 0.6) is 5.75 Å². The highest BCUT2D eigenvalue weighted by atomic mass is 16.5. The highest BCUT2D eigenvalue weighted by Gasteiger charge is 2.33. The van der Waals surface area contributed by atoms with Crippen molar-refractivity contribution in [3.05, 3.63) is 29.8 Å². The minimum atomic E-state index is -0.327. The van der Waals surface area contributed by atoms with Gasteiger partial charge in [-0.15, -0.1) is 0 Å². The fourth-order valence-corrected chi connectivity index (χ4v) is 2.47. The average Bonchev–Trinajstić information content (AvgIpc) is 2.27. The molecule has 1 fully saturated rings.